The van der Waals surface area contributed by atoms with Crippen LogP contribution in [-0.2, 0) is 17.9 Å². The molecule has 0 spiro atoms. The third-order valence-electron chi connectivity index (χ3n) is 3.62. The fraction of sp³-hybridized carbons (Fsp3) is 0.533. The Morgan fingerprint density at radius 1 is 1.37 bits per heavy atom. The molecule has 19 heavy (non-hydrogen) atoms. The third kappa shape index (κ3) is 3.78. The van der Waals surface area contributed by atoms with Gasteiger partial charge in [-0.1, -0.05) is 31.2 Å². The number of primary amides is 1. The number of carbonyl (C=O) groups is 1. The number of carbonyl (C=O) groups excluding carboxylic acids is 1. The molecule has 1 amide bonds. The van der Waals surface area contributed by atoms with Crippen LogP contribution in [0.2, 0.25) is 0 Å². The van der Waals surface area contributed by atoms with Crippen LogP contribution in [0.4, 0.5) is 0 Å². The van der Waals surface area contributed by atoms with Gasteiger partial charge in [-0.15, -0.1) is 0 Å². The van der Waals surface area contributed by atoms with Crippen molar-refractivity contribution in [2.24, 2.45) is 5.73 Å². The summed E-state index contributed by atoms with van der Waals surface area (Å²) in [5.41, 5.74) is 8.23. The second-order valence-corrected chi connectivity index (χ2v) is 5.18. The Balaban J connectivity index is 1.81. The molecule has 1 aromatic rings. The van der Waals surface area contributed by atoms with Gasteiger partial charge in [-0.05, 0) is 30.5 Å². The molecule has 3 N–H and O–H groups in total. The molecule has 0 fully saturated rings. The predicted octanol–water partition coefficient (Wildman–Crippen LogP) is 1.25. The van der Waals surface area contributed by atoms with Gasteiger partial charge in [0.2, 0.25) is 5.91 Å². The molecule has 4 nitrogen and oxygen atoms in total. The number of hydrogen-bond acceptors (Lipinski definition) is 3. The average molecular weight is 261 g/mol. The molecule has 1 unspecified atom stereocenters. The Hall–Kier alpha value is -1.39. The van der Waals surface area contributed by atoms with E-state index in [-0.39, 0.29) is 11.9 Å². The minimum atomic E-state index is -0.245. The fourth-order valence-electron chi connectivity index (χ4n) is 2.54. The van der Waals surface area contributed by atoms with Crippen molar-refractivity contribution in [1.29, 1.82) is 0 Å². The van der Waals surface area contributed by atoms with Gasteiger partial charge in [0.15, 0.2) is 0 Å². The van der Waals surface area contributed by atoms with E-state index in [9.17, 15) is 4.79 Å². The number of benzene rings is 1. The van der Waals surface area contributed by atoms with Crippen molar-refractivity contribution in [3.05, 3.63) is 35.4 Å². The SMILES string of the molecule is CCCNC(CCN1Cc2ccccc2C1)C(N)=O. The van der Waals surface area contributed by atoms with E-state index in [4.69, 9.17) is 5.73 Å². The van der Waals surface area contributed by atoms with Crippen LogP contribution in [0.1, 0.15) is 30.9 Å². The summed E-state index contributed by atoms with van der Waals surface area (Å²) < 4.78 is 0. The maximum Gasteiger partial charge on any atom is 0.234 e. The third-order valence-corrected chi connectivity index (χ3v) is 3.62. The highest BCUT2D eigenvalue weighted by atomic mass is 16.1. The Kier molecular flexibility index (Phi) is 4.93. The molecule has 0 bridgehead atoms. The van der Waals surface area contributed by atoms with Crippen LogP contribution in [0.15, 0.2) is 24.3 Å². The highest BCUT2D eigenvalue weighted by Gasteiger charge is 2.20. The van der Waals surface area contributed by atoms with E-state index in [1.54, 1.807) is 0 Å². The average Bonchev–Trinajstić information content (AvgIpc) is 2.81. The summed E-state index contributed by atoms with van der Waals surface area (Å²) in [7, 11) is 0. The minimum Gasteiger partial charge on any atom is -0.368 e. The summed E-state index contributed by atoms with van der Waals surface area (Å²) in [6, 6.07) is 8.31. The summed E-state index contributed by atoms with van der Waals surface area (Å²) in [5.74, 6) is -0.245. The Bertz CT molecular complexity index is 408. The molecular weight excluding hydrogens is 238 g/mol. The maximum absolute atomic E-state index is 11.4. The molecule has 1 atom stereocenters. The number of nitrogens with zero attached hydrogens (tertiary/aromatic N) is 1. The Morgan fingerprint density at radius 3 is 2.53 bits per heavy atom. The first-order chi connectivity index (χ1) is 9.20. The van der Waals surface area contributed by atoms with Gasteiger partial charge in [0, 0.05) is 19.6 Å². The normalized spacial score (nSPS) is 16.3. The summed E-state index contributed by atoms with van der Waals surface area (Å²) in [6.07, 6.45) is 1.79. The van der Waals surface area contributed by atoms with E-state index in [1.165, 1.54) is 11.1 Å². The molecule has 0 saturated heterocycles. The van der Waals surface area contributed by atoms with Gasteiger partial charge >= 0.3 is 0 Å². The van der Waals surface area contributed by atoms with Crippen molar-refractivity contribution >= 4 is 5.91 Å². The van der Waals surface area contributed by atoms with E-state index in [2.05, 4.69) is 41.4 Å². The number of fused-ring (bicyclic) bond motifs is 1. The van der Waals surface area contributed by atoms with Crippen molar-refractivity contribution in [3.8, 4) is 0 Å². The van der Waals surface area contributed by atoms with Crippen LogP contribution in [0.5, 0.6) is 0 Å². The lowest BCUT2D eigenvalue weighted by molar-refractivity contribution is -0.120. The molecule has 0 aliphatic carbocycles. The van der Waals surface area contributed by atoms with Gasteiger partial charge in [0.05, 0.1) is 6.04 Å². The lowest BCUT2D eigenvalue weighted by atomic mass is 10.1. The van der Waals surface area contributed by atoms with Crippen molar-refractivity contribution in [2.75, 3.05) is 13.1 Å². The van der Waals surface area contributed by atoms with E-state index < -0.39 is 0 Å². The van der Waals surface area contributed by atoms with Crippen LogP contribution in [0.25, 0.3) is 0 Å². The zero-order chi connectivity index (χ0) is 13.7. The topological polar surface area (TPSA) is 58.4 Å². The fourth-order valence-corrected chi connectivity index (χ4v) is 2.54. The minimum absolute atomic E-state index is 0.205. The maximum atomic E-state index is 11.4. The van der Waals surface area contributed by atoms with Crippen molar-refractivity contribution in [3.63, 3.8) is 0 Å². The molecule has 0 saturated carbocycles. The molecule has 1 heterocycles. The second kappa shape index (κ2) is 6.68. The number of nitrogens with two attached hydrogens (primary N) is 1. The first-order valence-electron chi connectivity index (χ1n) is 7.02. The summed E-state index contributed by atoms with van der Waals surface area (Å²) in [4.78, 5) is 13.7. The van der Waals surface area contributed by atoms with Crippen LogP contribution < -0.4 is 11.1 Å². The zero-order valence-corrected chi connectivity index (χ0v) is 11.6. The lowest BCUT2D eigenvalue weighted by Gasteiger charge is -2.19. The largest absolute Gasteiger partial charge is 0.368 e. The molecule has 1 aliphatic rings. The van der Waals surface area contributed by atoms with E-state index in [0.29, 0.717) is 0 Å². The van der Waals surface area contributed by atoms with Gasteiger partial charge in [0.25, 0.3) is 0 Å². The van der Waals surface area contributed by atoms with Gasteiger partial charge in [-0.2, -0.15) is 0 Å². The lowest BCUT2D eigenvalue weighted by Crippen LogP contribution is -2.43. The van der Waals surface area contributed by atoms with E-state index >= 15 is 0 Å². The van der Waals surface area contributed by atoms with Crippen LogP contribution in [0, 0.1) is 0 Å². The van der Waals surface area contributed by atoms with Crippen molar-refractivity contribution in [2.45, 2.75) is 38.9 Å². The smallest absolute Gasteiger partial charge is 0.234 e. The summed E-state index contributed by atoms with van der Waals surface area (Å²) in [5, 5.41) is 3.21. The molecule has 1 aromatic carbocycles. The Morgan fingerprint density at radius 2 is 2.00 bits per heavy atom. The van der Waals surface area contributed by atoms with Gasteiger partial charge in [0.1, 0.15) is 0 Å². The molecular formula is C15H23N3O. The van der Waals surface area contributed by atoms with E-state index in [1.807, 2.05) is 0 Å². The molecule has 0 radical (unpaired) electrons. The van der Waals surface area contributed by atoms with Crippen molar-refractivity contribution in [1.82, 2.24) is 10.2 Å². The molecule has 0 aromatic heterocycles. The highest BCUT2D eigenvalue weighted by molar-refractivity contribution is 5.79. The molecule has 2 rings (SSSR count). The van der Waals surface area contributed by atoms with Gasteiger partial charge in [-0.3, -0.25) is 9.69 Å². The highest BCUT2D eigenvalue weighted by Crippen LogP contribution is 2.22. The first-order valence-corrected chi connectivity index (χ1v) is 7.02. The molecule has 104 valence electrons. The van der Waals surface area contributed by atoms with Crippen molar-refractivity contribution < 1.29 is 4.79 Å². The van der Waals surface area contributed by atoms with Gasteiger partial charge in [-0.25, -0.2) is 0 Å². The summed E-state index contributed by atoms with van der Waals surface area (Å²) >= 11 is 0. The number of hydrogen-bond donors (Lipinski definition) is 2. The molecule has 1 aliphatic heterocycles. The number of amides is 1. The van der Waals surface area contributed by atoms with Gasteiger partial charge < -0.3 is 11.1 Å². The number of nitrogens with one attached hydrogen (secondary N) is 1. The van der Waals surface area contributed by atoms with Crippen LogP contribution >= 0.6 is 0 Å². The summed E-state index contributed by atoms with van der Waals surface area (Å²) in [6.45, 7) is 5.79. The quantitative estimate of drug-likeness (QED) is 0.776. The Labute approximate surface area is 115 Å². The van der Waals surface area contributed by atoms with Crippen LogP contribution in [0.3, 0.4) is 0 Å². The van der Waals surface area contributed by atoms with Crippen LogP contribution in [-0.4, -0.2) is 29.9 Å². The number of rotatable bonds is 7. The second-order valence-electron chi connectivity index (χ2n) is 5.18. The standard InChI is InChI=1S/C15H23N3O/c1-2-8-17-14(15(16)19)7-9-18-10-12-5-3-4-6-13(12)11-18/h3-6,14,17H,2,7-11H2,1H3,(H2,16,19). The first kappa shape index (κ1) is 14.0. The van der Waals surface area contributed by atoms with E-state index in [0.717, 1.165) is 39.0 Å². The monoisotopic (exact) mass is 261 g/mol. The predicted molar refractivity (Wildman–Crippen MR) is 76.4 cm³/mol. The zero-order valence-electron chi connectivity index (χ0n) is 11.6. The molecule has 4 heteroatoms.